The van der Waals surface area contributed by atoms with E-state index >= 15 is 0 Å². The van der Waals surface area contributed by atoms with Crippen molar-refractivity contribution in [3.63, 3.8) is 0 Å². The molecule has 0 N–H and O–H groups in total. The predicted molar refractivity (Wildman–Crippen MR) is 102 cm³/mol. The predicted octanol–water partition coefficient (Wildman–Crippen LogP) is 3.73. The molecule has 0 amide bonds. The van der Waals surface area contributed by atoms with Crippen molar-refractivity contribution < 1.29 is 14.3 Å². The number of hydrogen-bond acceptors (Lipinski definition) is 6. The number of nitrogens with zero attached hydrogens (tertiary/aromatic N) is 3. The summed E-state index contributed by atoms with van der Waals surface area (Å²) in [4.78, 5) is 11.7. The summed E-state index contributed by atoms with van der Waals surface area (Å²) in [6.07, 6.45) is 1.00. The SMILES string of the molecule is CCc1ccc(OCc2nnc(SC(C)C(=O)OC)n2CC(C)C)cc1. The maximum atomic E-state index is 11.7. The highest BCUT2D eigenvalue weighted by molar-refractivity contribution is 8.00. The fourth-order valence-corrected chi connectivity index (χ4v) is 3.31. The van der Waals surface area contributed by atoms with Crippen molar-refractivity contribution in [1.82, 2.24) is 14.8 Å². The number of methoxy groups -OCH3 is 1. The van der Waals surface area contributed by atoms with Gasteiger partial charge < -0.3 is 14.0 Å². The number of thioether (sulfide) groups is 1. The van der Waals surface area contributed by atoms with Crippen molar-refractivity contribution >= 4 is 17.7 Å². The third-order valence-corrected chi connectivity index (χ3v) is 4.91. The highest BCUT2D eigenvalue weighted by Gasteiger charge is 2.21. The average Bonchev–Trinajstić information content (AvgIpc) is 3.00. The molecule has 2 rings (SSSR count). The summed E-state index contributed by atoms with van der Waals surface area (Å²) >= 11 is 1.35. The normalized spacial score (nSPS) is 12.2. The first-order valence-electron chi connectivity index (χ1n) is 8.82. The fraction of sp³-hybridized carbons (Fsp3) is 0.526. The van der Waals surface area contributed by atoms with E-state index in [-0.39, 0.29) is 11.2 Å². The van der Waals surface area contributed by atoms with Crippen LogP contribution in [0.3, 0.4) is 0 Å². The number of hydrogen-bond donors (Lipinski definition) is 0. The molecule has 1 heterocycles. The van der Waals surface area contributed by atoms with Crippen molar-refractivity contribution in [2.45, 2.75) is 57.7 Å². The minimum Gasteiger partial charge on any atom is -0.486 e. The van der Waals surface area contributed by atoms with Gasteiger partial charge in [0.15, 0.2) is 11.0 Å². The Kier molecular flexibility index (Phi) is 7.50. The van der Waals surface area contributed by atoms with Crippen LogP contribution in [0, 0.1) is 5.92 Å². The number of carbonyl (C=O) groups excluding carboxylic acids is 1. The quantitative estimate of drug-likeness (QED) is 0.490. The van der Waals surface area contributed by atoms with Gasteiger partial charge in [-0.25, -0.2) is 0 Å². The first-order valence-corrected chi connectivity index (χ1v) is 9.70. The molecule has 0 aliphatic rings. The zero-order chi connectivity index (χ0) is 19.1. The van der Waals surface area contributed by atoms with Gasteiger partial charge in [0.05, 0.1) is 7.11 Å². The monoisotopic (exact) mass is 377 g/mol. The third-order valence-electron chi connectivity index (χ3n) is 3.86. The van der Waals surface area contributed by atoms with Gasteiger partial charge in [-0.1, -0.05) is 44.7 Å². The van der Waals surface area contributed by atoms with E-state index in [1.165, 1.54) is 24.4 Å². The number of esters is 1. The molecular formula is C19H27N3O3S. The second kappa shape index (κ2) is 9.62. The van der Waals surface area contributed by atoms with E-state index < -0.39 is 0 Å². The lowest BCUT2D eigenvalue weighted by Crippen LogP contribution is -2.17. The van der Waals surface area contributed by atoms with Gasteiger partial charge >= 0.3 is 5.97 Å². The molecule has 0 saturated heterocycles. The van der Waals surface area contributed by atoms with Crippen LogP contribution in [0.2, 0.25) is 0 Å². The standard InChI is InChI=1S/C19H27N3O3S/c1-6-15-7-9-16(10-8-15)25-12-17-20-21-19(22(17)11-13(2)3)26-14(4)18(23)24-5/h7-10,13-14H,6,11-12H2,1-5H3. The molecule has 0 aliphatic carbocycles. The Morgan fingerprint density at radius 1 is 1.19 bits per heavy atom. The maximum Gasteiger partial charge on any atom is 0.318 e. The Labute approximate surface area is 159 Å². The number of carbonyl (C=O) groups is 1. The first-order chi connectivity index (χ1) is 12.4. The minimum atomic E-state index is -0.342. The van der Waals surface area contributed by atoms with Gasteiger partial charge in [-0.05, 0) is 37.0 Å². The Bertz CT molecular complexity index is 713. The average molecular weight is 378 g/mol. The van der Waals surface area contributed by atoms with Crippen LogP contribution in [0.25, 0.3) is 0 Å². The molecule has 142 valence electrons. The molecule has 0 aliphatic heterocycles. The second-order valence-corrected chi connectivity index (χ2v) is 7.78. The van der Waals surface area contributed by atoms with E-state index in [4.69, 9.17) is 9.47 Å². The number of aromatic nitrogens is 3. The van der Waals surface area contributed by atoms with Crippen molar-refractivity contribution in [1.29, 1.82) is 0 Å². The lowest BCUT2D eigenvalue weighted by atomic mass is 10.2. The molecule has 0 spiro atoms. The minimum absolute atomic E-state index is 0.275. The van der Waals surface area contributed by atoms with E-state index in [1.54, 1.807) is 6.92 Å². The van der Waals surface area contributed by atoms with Crippen LogP contribution in [0.15, 0.2) is 29.4 Å². The number of aryl methyl sites for hydroxylation is 1. The topological polar surface area (TPSA) is 66.2 Å². The van der Waals surface area contributed by atoms with Crippen molar-refractivity contribution in [3.8, 4) is 5.75 Å². The van der Waals surface area contributed by atoms with Crippen LogP contribution in [0.1, 0.15) is 39.1 Å². The maximum absolute atomic E-state index is 11.7. The van der Waals surface area contributed by atoms with Crippen LogP contribution in [0.4, 0.5) is 0 Å². The molecule has 7 heteroatoms. The zero-order valence-electron chi connectivity index (χ0n) is 16.1. The Balaban J connectivity index is 2.12. The molecule has 1 unspecified atom stereocenters. The zero-order valence-corrected chi connectivity index (χ0v) is 16.9. The van der Waals surface area contributed by atoms with E-state index in [9.17, 15) is 4.79 Å². The van der Waals surface area contributed by atoms with E-state index in [0.717, 1.165) is 24.5 Å². The van der Waals surface area contributed by atoms with Gasteiger partial charge in [0.25, 0.3) is 0 Å². The van der Waals surface area contributed by atoms with E-state index in [2.05, 4.69) is 43.1 Å². The Morgan fingerprint density at radius 2 is 1.88 bits per heavy atom. The van der Waals surface area contributed by atoms with Gasteiger partial charge in [-0.15, -0.1) is 10.2 Å². The van der Waals surface area contributed by atoms with Crippen LogP contribution < -0.4 is 4.74 Å². The summed E-state index contributed by atoms with van der Waals surface area (Å²) in [5, 5.41) is 8.89. The van der Waals surface area contributed by atoms with Crippen LogP contribution in [-0.2, 0) is 29.1 Å². The van der Waals surface area contributed by atoms with E-state index in [1.807, 2.05) is 16.7 Å². The largest absolute Gasteiger partial charge is 0.486 e. The Morgan fingerprint density at radius 3 is 2.46 bits per heavy atom. The summed E-state index contributed by atoms with van der Waals surface area (Å²) in [5.41, 5.74) is 1.27. The third kappa shape index (κ3) is 5.49. The second-order valence-electron chi connectivity index (χ2n) is 6.47. The lowest BCUT2D eigenvalue weighted by molar-refractivity contribution is -0.139. The highest BCUT2D eigenvalue weighted by atomic mass is 32.2. The number of ether oxygens (including phenoxy) is 2. The summed E-state index contributed by atoms with van der Waals surface area (Å²) in [7, 11) is 1.39. The first kappa shape index (κ1) is 20.3. The smallest absolute Gasteiger partial charge is 0.318 e. The van der Waals surface area contributed by atoms with Gasteiger partial charge in [0.1, 0.15) is 17.6 Å². The van der Waals surface area contributed by atoms with Gasteiger partial charge in [0, 0.05) is 6.54 Å². The molecule has 0 saturated carbocycles. The van der Waals surface area contributed by atoms with Crippen LogP contribution >= 0.6 is 11.8 Å². The van der Waals surface area contributed by atoms with Crippen molar-refractivity contribution in [3.05, 3.63) is 35.7 Å². The van der Waals surface area contributed by atoms with E-state index in [0.29, 0.717) is 17.7 Å². The number of benzene rings is 1. The molecule has 0 fully saturated rings. The highest BCUT2D eigenvalue weighted by Crippen LogP contribution is 2.24. The molecular weight excluding hydrogens is 350 g/mol. The lowest BCUT2D eigenvalue weighted by Gasteiger charge is -2.14. The Hall–Kier alpha value is -2.02. The van der Waals surface area contributed by atoms with Gasteiger partial charge in [-0.3, -0.25) is 4.79 Å². The molecule has 26 heavy (non-hydrogen) atoms. The molecule has 1 aromatic carbocycles. The summed E-state index contributed by atoms with van der Waals surface area (Å²) in [6, 6.07) is 8.06. The van der Waals surface area contributed by atoms with Crippen LogP contribution in [0.5, 0.6) is 5.75 Å². The summed E-state index contributed by atoms with van der Waals surface area (Å²) in [5.74, 6) is 1.69. The summed E-state index contributed by atoms with van der Waals surface area (Å²) in [6.45, 7) is 9.28. The molecule has 6 nitrogen and oxygen atoms in total. The molecule has 1 atom stereocenters. The van der Waals surface area contributed by atoms with Crippen LogP contribution in [-0.4, -0.2) is 33.1 Å². The molecule has 1 aromatic heterocycles. The van der Waals surface area contributed by atoms with Crippen molar-refractivity contribution in [2.24, 2.45) is 5.92 Å². The molecule has 0 radical (unpaired) electrons. The fourth-order valence-electron chi connectivity index (χ4n) is 2.40. The van der Waals surface area contributed by atoms with Crippen molar-refractivity contribution in [2.75, 3.05) is 7.11 Å². The molecule has 0 bridgehead atoms. The molecule has 2 aromatic rings. The summed E-state index contributed by atoms with van der Waals surface area (Å²) < 4.78 is 12.7. The number of rotatable bonds is 9. The van der Waals surface area contributed by atoms with Gasteiger partial charge in [-0.2, -0.15) is 0 Å². The van der Waals surface area contributed by atoms with Gasteiger partial charge in [0.2, 0.25) is 0 Å².